The molecule has 1 heterocycles. The molecule has 0 amide bonds. The second-order valence-electron chi connectivity index (χ2n) is 4.83. The molecule has 1 aromatic rings. The van der Waals surface area contributed by atoms with Crippen molar-refractivity contribution in [3.8, 4) is 17.9 Å². The Morgan fingerprint density at radius 2 is 2.05 bits per heavy atom. The summed E-state index contributed by atoms with van der Waals surface area (Å²) >= 11 is 0. The van der Waals surface area contributed by atoms with Crippen LogP contribution >= 0.6 is 0 Å². The zero-order valence-corrected chi connectivity index (χ0v) is 11.1. The smallest absolute Gasteiger partial charge is 0.136 e. The van der Waals surface area contributed by atoms with E-state index in [2.05, 4.69) is 17.0 Å². The van der Waals surface area contributed by atoms with Gasteiger partial charge < -0.3 is 4.74 Å². The molecule has 0 atom stereocenters. The first-order valence-electron chi connectivity index (χ1n) is 6.46. The molecule has 0 saturated carbocycles. The molecule has 1 saturated heterocycles. The third-order valence-electron chi connectivity index (χ3n) is 3.56. The quantitative estimate of drug-likeness (QED) is 0.831. The maximum Gasteiger partial charge on any atom is 0.136 e. The fourth-order valence-corrected chi connectivity index (χ4v) is 2.42. The Balaban J connectivity index is 2.01. The SMILES string of the molecule is COc1ccc(CN2CCC(C#N)CC2)cc1C#N. The van der Waals surface area contributed by atoms with Crippen LogP contribution in [0.15, 0.2) is 18.2 Å². The van der Waals surface area contributed by atoms with Crippen LogP contribution in [-0.4, -0.2) is 25.1 Å². The molecule has 19 heavy (non-hydrogen) atoms. The minimum Gasteiger partial charge on any atom is -0.495 e. The highest BCUT2D eigenvalue weighted by Gasteiger charge is 2.18. The van der Waals surface area contributed by atoms with Crippen LogP contribution in [0.5, 0.6) is 5.75 Å². The molecule has 0 bridgehead atoms. The average molecular weight is 255 g/mol. The molecule has 1 aliphatic heterocycles. The molecule has 4 heteroatoms. The molecule has 1 aliphatic rings. The second-order valence-corrected chi connectivity index (χ2v) is 4.83. The molecular weight excluding hydrogens is 238 g/mol. The van der Waals surface area contributed by atoms with E-state index in [1.807, 2.05) is 18.2 Å². The van der Waals surface area contributed by atoms with Gasteiger partial charge in [0.15, 0.2) is 0 Å². The Kier molecular flexibility index (Phi) is 4.39. The third kappa shape index (κ3) is 3.24. The van der Waals surface area contributed by atoms with E-state index in [1.54, 1.807) is 7.11 Å². The maximum absolute atomic E-state index is 9.07. The number of nitrogens with zero attached hydrogens (tertiary/aromatic N) is 3. The van der Waals surface area contributed by atoms with Gasteiger partial charge in [-0.15, -0.1) is 0 Å². The van der Waals surface area contributed by atoms with Crippen LogP contribution in [0.3, 0.4) is 0 Å². The fraction of sp³-hybridized carbons (Fsp3) is 0.467. The van der Waals surface area contributed by atoms with Crippen molar-refractivity contribution < 1.29 is 4.74 Å². The van der Waals surface area contributed by atoms with Crippen LogP contribution in [0.2, 0.25) is 0 Å². The largest absolute Gasteiger partial charge is 0.495 e. The summed E-state index contributed by atoms with van der Waals surface area (Å²) in [5, 5.41) is 17.9. The van der Waals surface area contributed by atoms with Crippen molar-refractivity contribution in [1.82, 2.24) is 4.90 Å². The minimum absolute atomic E-state index is 0.210. The van der Waals surface area contributed by atoms with Gasteiger partial charge in [-0.1, -0.05) is 6.07 Å². The van der Waals surface area contributed by atoms with Crippen LogP contribution in [0.25, 0.3) is 0 Å². The molecular formula is C15H17N3O. The van der Waals surface area contributed by atoms with Crippen molar-refractivity contribution in [2.75, 3.05) is 20.2 Å². The van der Waals surface area contributed by atoms with Gasteiger partial charge in [-0.3, -0.25) is 4.90 Å². The lowest BCUT2D eigenvalue weighted by atomic mass is 9.98. The van der Waals surface area contributed by atoms with E-state index in [4.69, 9.17) is 15.3 Å². The van der Waals surface area contributed by atoms with Crippen LogP contribution < -0.4 is 4.74 Å². The Labute approximate surface area is 113 Å². The number of hydrogen-bond donors (Lipinski definition) is 0. The number of likely N-dealkylation sites (tertiary alicyclic amines) is 1. The number of hydrogen-bond acceptors (Lipinski definition) is 4. The zero-order chi connectivity index (χ0) is 13.7. The predicted molar refractivity (Wildman–Crippen MR) is 71.3 cm³/mol. The molecule has 1 fully saturated rings. The molecule has 0 aliphatic carbocycles. The fourth-order valence-electron chi connectivity index (χ4n) is 2.42. The highest BCUT2D eigenvalue weighted by Crippen LogP contribution is 2.22. The van der Waals surface area contributed by atoms with Crippen molar-refractivity contribution in [3.05, 3.63) is 29.3 Å². The number of nitriles is 2. The molecule has 0 radical (unpaired) electrons. The number of methoxy groups -OCH3 is 1. The number of benzene rings is 1. The van der Waals surface area contributed by atoms with Crippen molar-refractivity contribution in [2.24, 2.45) is 5.92 Å². The summed E-state index contributed by atoms with van der Waals surface area (Å²) in [5.74, 6) is 0.830. The Morgan fingerprint density at radius 1 is 1.32 bits per heavy atom. The summed E-state index contributed by atoms with van der Waals surface area (Å²) < 4.78 is 5.14. The molecule has 4 nitrogen and oxygen atoms in total. The highest BCUT2D eigenvalue weighted by molar-refractivity contribution is 5.45. The lowest BCUT2D eigenvalue weighted by molar-refractivity contribution is 0.198. The van der Waals surface area contributed by atoms with Crippen molar-refractivity contribution in [2.45, 2.75) is 19.4 Å². The van der Waals surface area contributed by atoms with Gasteiger partial charge in [-0.25, -0.2) is 0 Å². The summed E-state index contributed by atoms with van der Waals surface area (Å²) in [4.78, 5) is 2.33. The van der Waals surface area contributed by atoms with E-state index in [0.717, 1.165) is 38.0 Å². The normalized spacial score (nSPS) is 16.6. The van der Waals surface area contributed by atoms with Crippen LogP contribution in [0, 0.1) is 28.6 Å². The van der Waals surface area contributed by atoms with E-state index in [9.17, 15) is 0 Å². The first kappa shape index (κ1) is 13.4. The Bertz CT molecular complexity index is 519. The van der Waals surface area contributed by atoms with Crippen molar-refractivity contribution in [1.29, 1.82) is 10.5 Å². The molecule has 0 spiro atoms. The summed E-state index contributed by atoms with van der Waals surface area (Å²) in [7, 11) is 1.57. The summed E-state index contributed by atoms with van der Waals surface area (Å²) in [6.45, 7) is 2.73. The Morgan fingerprint density at radius 3 is 2.63 bits per heavy atom. The molecule has 0 aromatic heterocycles. The van der Waals surface area contributed by atoms with Gasteiger partial charge >= 0.3 is 0 Å². The first-order chi connectivity index (χ1) is 9.26. The van der Waals surface area contributed by atoms with Gasteiger partial charge in [0.1, 0.15) is 11.8 Å². The zero-order valence-electron chi connectivity index (χ0n) is 11.1. The molecule has 98 valence electrons. The third-order valence-corrected chi connectivity index (χ3v) is 3.56. The molecule has 0 unspecified atom stereocenters. The van der Waals surface area contributed by atoms with Crippen molar-refractivity contribution in [3.63, 3.8) is 0 Å². The van der Waals surface area contributed by atoms with E-state index in [1.165, 1.54) is 0 Å². The predicted octanol–water partition coefficient (Wildman–Crippen LogP) is 2.30. The summed E-state index contributed by atoms with van der Waals surface area (Å²) in [6, 6.07) is 10.2. The summed E-state index contributed by atoms with van der Waals surface area (Å²) in [6.07, 6.45) is 1.88. The number of ether oxygens (including phenoxy) is 1. The number of rotatable bonds is 3. The lowest BCUT2D eigenvalue weighted by Gasteiger charge is -2.29. The minimum atomic E-state index is 0.210. The van der Waals surface area contributed by atoms with E-state index >= 15 is 0 Å². The standard InChI is InChI=1S/C15H17N3O/c1-19-15-3-2-13(8-14(15)10-17)11-18-6-4-12(9-16)5-7-18/h2-3,8,12H,4-7,11H2,1H3. The average Bonchev–Trinajstić information content (AvgIpc) is 2.48. The second kappa shape index (κ2) is 6.22. The summed E-state index contributed by atoms with van der Waals surface area (Å²) in [5.41, 5.74) is 1.69. The van der Waals surface area contributed by atoms with Crippen LogP contribution in [0.4, 0.5) is 0 Å². The van der Waals surface area contributed by atoms with Gasteiger partial charge in [0.2, 0.25) is 0 Å². The Hall–Kier alpha value is -2.04. The molecule has 1 aromatic carbocycles. The molecule has 2 rings (SSSR count). The van der Waals surface area contributed by atoms with Crippen molar-refractivity contribution >= 4 is 0 Å². The van der Waals surface area contributed by atoms with E-state index in [-0.39, 0.29) is 5.92 Å². The molecule has 0 N–H and O–H groups in total. The van der Waals surface area contributed by atoms with Gasteiger partial charge in [-0.05, 0) is 43.6 Å². The van der Waals surface area contributed by atoms with E-state index < -0.39 is 0 Å². The van der Waals surface area contributed by atoms with Gasteiger partial charge in [0.25, 0.3) is 0 Å². The van der Waals surface area contributed by atoms with Crippen LogP contribution in [0.1, 0.15) is 24.0 Å². The lowest BCUT2D eigenvalue weighted by Crippen LogP contribution is -2.32. The maximum atomic E-state index is 9.07. The first-order valence-corrected chi connectivity index (χ1v) is 6.46. The van der Waals surface area contributed by atoms with Crippen LogP contribution in [-0.2, 0) is 6.54 Å². The van der Waals surface area contributed by atoms with E-state index in [0.29, 0.717) is 11.3 Å². The highest BCUT2D eigenvalue weighted by atomic mass is 16.5. The monoisotopic (exact) mass is 255 g/mol. The van der Waals surface area contributed by atoms with Gasteiger partial charge in [-0.2, -0.15) is 10.5 Å². The van der Waals surface area contributed by atoms with Gasteiger partial charge in [0, 0.05) is 12.5 Å². The van der Waals surface area contributed by atoms with Gasteiger partial charge in [0.05, 0.1) is 18.7 Å². The topological polar surface area (TPSA) is 60.0 Å². The number of piperidine rings is 1.